The molecule has 1 aliphatic heterocycles. The average molecular weight is 208 g/mol. The molecule has 1 aromatic heterocycles. The van der Waals surface area contributed by atoms with E-state index in [0.29, 0.717) is 0 Å². The van der Waals surface area contributed by atoms with E-state index in [4.69, 9.17) is 0 Å². The average Bonchev–Trinajstić information content (AvgIpc) is 2.39. The first-order valence-corrected chi connectivity index (χ1v) is 5.47. The molecular weight excluding hydrogens is 196 g/mol. The van der Waals surface area contributed by atoms with Crippen molar-refractivity contribution in [1.82, 2.24) is 4.98 Å². The van der Waals surface area contributed by atoms with Gasteiger partial charge in [-0.3, -0.25) is 9.98 Å². The fourth-order valence-corrected chi connectivity index (χ4v) is 2.10. The van der Waals surface area contributed by atoms with Crippen LogP contribution in [0.3, 0.4) is 0 Å². The molecule has 0 radical (unpaired) electrons. The van der Waals surface area contributed by atoms with Gasteiger partial charge in [0, 0.05) is 17.8 Å². The van der Waals surface area contributed by atoms with Crippen molar-refractivity contribution < 1.29 is 0 Å². The number of nitrogens with zero attached hydrogens (tertiary/aromatic N) is 2. The topological polar surface area (TPSA) is 25.2 Å². The number of aliphatic imine (C=N–C) groups is 1. The number of hydrogen-bond donors (Lipinski definition) is 0. The van der Waals surface area contributed by atoms with Gasteiger partial charge in [-0.05, 0) is 30.2 Å². The minimum absolute atomic E-state index is 0.248. The summed E-state index contributed by atoms with van der Waals surface area (Å²) >= 11 is 0. The molecule has 2 heterocycles. The van der Waals surface area contributed by atoms with E-state index in [1.165, 1.54) is 10.9 Å². The van der Waals surface area contributed by atoms with Crippen LogP contribution in [0.1, 0.15) is 18.0 Å². The largest absolute Gasteiger partial charge is 0.285 e. The molecule has 2 nitrogen and oxygen atoms in total. The minimum atomic E-state index is 0.248. The van der Waals surface area contributed by atoms with Crippen LogP contribution in [0.25, 0.3) is 10.9 Å². The van der Waals surface area contributed by atoms with Gasteiger partial charge in [-0.15, -0.1) is 0 Å². The van der Waals surface area contributed by atoms with E-state index in [2.05, 4.69) is 34.3 Å². The molecule has 1 atom stereocenters. The van der Waals surface area contributed by atoms with E-state index in [9.17, 15) is 0 Å². The monoisotopic (exact) mass is 208 g/mol. The van der Waals surface area contributed by atoms with E-state index in [0.717, 1.165) is 11.9 Å². The van der Waals surface area contributed by atoms with Crippen molar-refractivity contribution in [2.24, 2.45) is 4.99 Å². The molecule has 1 aromatic carbocycles. The number of aromatic nitrogens is 1. The number of rotatable bonds is 1. The van der Waals surface area contributed by atoms with Crippen LogP contribution in [0.15, 0.2) is 53.7 Å². The van der Waals surface area contributed by atoms with Crippen LogP contribution in [0.2, 0.25) is 0 Å². The van der Waals surface area contributed by atoms with E-state index in [1.807, 2.05) is 30.6 Å². The minimum Gasteiger partial charge on any atom is -0.285 e. The van der Waals surface area contributed by atoms with Crippen LogP contribution in [0.4, 0.5) is 0 Å². The van der Waals surface area contributed by atoms with Gasteiger partial charge < -0.3 is 0 Å². The van der Waals surface area contributed by atoms with E-state index >= 15 is 0 Å². The van der Waals surface area contributed by atoms with Gasteiger partial charge in [0.1, 0.15) is 0 Å². The van der Waals surface area contributed by atoms with Crippen LogP contribution in [-0.4, -0.2) is 11.2 Å². The summed E-state index contributed by atoms with van der Waals surface area (Å²) in [4.78, 5) is 8.88. The molecule has 1 aliphatic rings. The number of benzene rings is 1. The van der Waals surface area contributed by atoms with Crippen LogP contribution in [-0.2, 0) is 0 Å². The summed E-state index contributed by atoms with van der Waals surface area (Å²) in [7, 11) is 0. The Morgan fingerprint density at radius 1 is 1.12 bits per heavy atom. The Morgan fingerprint density at radius 2 is 2.06 bits per heavy atom. The Labute approximate surface area is 94.4 Å². The summed E-state index contributed by atoms with van der Waals surface area (Å²) in [6.45, 7) is 0. The molecule has 0 amide bonds. The lowest BCUT2D eigenvalue weighted by molar-refractivity contribution is 0.746. The normalized spacial score (nSPS) is 19.1. The zero-order chi connectivity index (χ0) is 10.8. The van der Waals surface area contributed by atoms with Crippen molar-refractivity contribution in [2.75, 3.05) is 0 Å². The lowest BCUT2D eigenvalue weighted by atomic mass is 9.99. The second-order valence-electron chi connectivity index (χ2n) is 3.90. The molecule has 3 rings (SSSR count). The predicted molar refractivity (Wildman–Crippen MR) is 66.7 cm³/mol. The van der Waals surface area contributed by atoms with Crippen molar-refractivity contribution in [1.29, 1.82) is 0 Å². The molecular formula is C14H12N2. The van der Waals surface area contributed by atoms with Crippen molar-refractivity contribution in [2.45, 2.75) is 12.5 Å². The van der Waals surface area contributed by atoms with Gasteiger partial charge in [0.2, 0.25) is 0 Å². The number of dihydropyridines is 1. The number of para-hydroxylation sites is 1. The van der Waals surface area contributed by atoms with Crippen LogP contribution in [0.5, 0.6) is 0 Å². The van der Waals surface area contributed by atoms with Crippen molar-refractivity contribution in [3.8, 4) is 0 Å². The number of fused-ring (bicyclic) bond motifs is 1. The van der Waals surface area contributed by atoms with Crippen LogP contribution < -0.4 is 0 Å². The van der Waals surface area contributed by atoms with Gasteiger partial charge in [0.25, 0.3) is 0 Å². The first kappa shape index (κ1) is 9.28. The molecule has 78 valence electrons. The standard InChI is InChI=1S/C14H12N2/c1-2-6-13-11(5-1)12(8-10-16-13)14-7-3-4-9-15-14/h1-6,8-10,14H,7H2. The third-order valence-corrected chi connectivity index (χ3v) is 2.89. The fourth-order valence-electron chi connectivity index (χ4n) is 2.10. The van der Waals surface area contributed by atoms with Gasteiger partial charge in [0.05, 0.1) is 11.6 Å². The Morgan fingerprint density at radius 3 is 2.94 bits per heavy atom. The molecule has 0 saturated carbocycles. The van der Waals surface area contributed by atoms with Crippen LogP contribution in [0, 0.1) is 0 Å². The summed E-state index contributed by atoms with van der Waals surface area (Å²) in [6, 6.07) is 10.5. The second kappa shape index (κ2) is 3.89. The molecule has 0 saturated heterocycles. The third-order valence-electron chi connectivity index (χ3n) is 2.89. The zero-order valence-corrected chi connectivity index (χ0v) is 8.88. The smallest absolute Gasteiger partial charge is 0.0790 e. The third kappa shape index (κ3) is 1.52. The molecule has 0 N–H and O–H groups in total. The molecule has 0 aliphatic carbocycles. The predicted octanol–water partition coefficient (Wildman–Crippen LogP) is 3.31. The number of pyridine rings is 1. The molecule has 2 aromatic rings. The highest BCUT2D eigenvalue weighted by Crippen LogP contribution is 2.28. The lowest BCUT2D eigenvalue weighted by Gasteiger charge is -2.14. The maximum absolute atomic E-state index is 4.51. The van der Waals surface area contributed by atoms with Gasteiger partial charge >= 0.3 is 0 Å². The van der Waals surface area contributed by atoms with Gasteiger partial charge in [0.15, 0.2) is 0 Å². The van der Waals surface area contributed by atoms with Gasteiger partial charge in [-0.1, -0.05) is 24.3 Å². The number of allylic oxidation sites excluding steroid dienone is 1. The molecule has 0 spiro atoms. The Bertz CT molecular complexity index is 564. The summed E-state index contributed by atoms with van der Waals surface area (Å²) in [6.07, 6.45) is 8.88. The van der Waals surface area contributed by atoms with Crippen LogP contribution >= 0.6 is 0 Å². The zero-order valence-electron chi connectivity index (χ0n) is 8.88. The highest BCUT2D eigenvalue weighted by molar-refractivity contribution is 5.83. The van der Waals surface area contributed by atoms with Gasteiger partial charge in [-0.2, -0.15) is 0 Å². The first-order chi connectivity index (χ1) is 7.95. The molecule has 0 bridgehead atoms. The summed E-state index contributed by atoms with van der Waals surface area (Å²) in [5.41, 5.74) is 2.32. The number of hydrogen-bond acceptors (Lipinski definition) is 2. The Hall–Kier alpha value is -1.96. The van der Waals surface area contributed by atoms with Crippen molar-refractivity contribution in [3.63, 3.8) is 0 Å². The molecule has 2 heteroatoms. The Balaban J connectivity index is 2.16. The Kier molecular flexibility index (Phi) is 2.26. The van der Waals surface area contributed by atoms with Crippen molar-refractivity contribution >= 4 is 17.1 Å². The highest BCUT2D eigenvalue weighted by atomic mass is 14.8. The van der Waals surface area contributed by atoms with E-state index in [-0.39, 0.29) is 6.04 Å². The summed E-state index contributed by atoms with van der Waals surface area (Å²) in [5.74, 6) is 0. The fraction of sp³-hybridized carbons (Fsp3) is 0.143. The molecule has 0 fully saturated rings. The first-order valence-electron chi connectivity index (χ1n) is 5.47. The maximum atomic E-state index is 4.51. The van der Waals surface area contributed by atoms with E-state index < -0.39 is 0 Å². The molecule has 1 unspecified atom stereocenters. The lowest BCUT2D eigenvalue weighted by Crippen LogP contribution is -1.99. The highest BCUT2D eigenvalue weighted by Gasteiger charge is 2.12. The van der Waals surface area contributed by atoms with Gasteiger partial charge in [-0.25, -0.2) is 0 Å². The van der Waals surface area contributed by atoms with E-state index in [1.54, 1.807) is 0 Å². The summed E-state index contributed by atoms with van der Waals surface area (Å²) in [5, 5.41) is 1.21. The maximum Gasteiger partial charge on any atom is 0.0790 e. The SMILES string of the molecule is C1=CCC(c2ccnc3ccccc23)N=C1. The quantitative estimate of drug-likeness (QED) is 0.705. The van der Waals surface area contributed by atoms with Crippen molar-refractivity contribution in [3.05, 3.63) is 54.2 Å². The summed E-state index contributed by atoms with van der Waals surface area (Å²) < 4.78 is 0. The molecule has 16 heavy (non-hydrogen) atoms. The second-order valence-corrected chi connectivity index (χ2v) is 3.90.